The second-order valence-electron chi connectivity index (χ2n) is 24.5. The highest BCUT2D eigenvalue weighted by molar-refractivity contribution is 6.18. The summed E-state index contributed by atoms with van der Waals surface area (Å²) in [7, 11) is 5.00. The van der Waals surface area contributed by atoms with Crippen LogP contribution in [0.25, 0.3) is 0 Å². The van der Waals surface area contributed by atoms with E-state index >= 15 is 9.59 Å². The van der Waals surface area contributed by atoms with Gasteiger partial charge in [0.15, 0.2) is 0 Å². The molecule has 0 spiro atoms. The van der Waals surface area contributed by atoms with Gasteiger partial charge >= 0.3 is 0 Å². The molecule has 7 rings (SSSR count). The maximum Gasteiger partial charge on any atom is 0.200 e. The number of hydrogen-bond acceptors (Lipinski definition) is 6. The number of methoxy groups -OCH3 is 3. The Hall–Kier alpha value is -6.14. The van der Waals surface area contributed by atoms with E-state index in [1.807, 2.05) is 32.9 Å². The Kier molecular flexibility index (Phi) is 13.7. The Morgan fingerprint density at radius 3 is 0.873 bits per heavy atom. The van der Waals surface area contributed by atoms with Crippen LogP contribution in [0.5, 0.6) is 23.0 Å². The molecule has 0 saturated carbocycles. The van der Waals surface area contributed by atoms with E-state index in [1.54, 1.807) is 33.5 Å². The van der Waals surface area contributed by atoms with E-state index in [0.29, 0.717) is 28.4 Å². The predicted octanol–water partition coefficient (Wildman–Crippen LogP) is 15.6. The van der Waals surface area contributed by atoms with Crippen LogP contribution >= 0.6 is 0 Å². The molecule has 0 saturated heterocycles. The van der Waals surface area contributed by atoms with Gasteiger partial charge in [-0.25, -0.2) is 0 Å². The molecule has 6 heteroatoms. The second-order valence-corrected chi connectivity index (χ2v) is 24.5. The number of rotatable bonds is 5. The normalized spacial score (nSPS) is 15.5. The van der Waals surface area contributed by atoms with Gasteiger partial charge in [-0.3, -0.25) is 9.59 Å². The summed E-state index contributed by atoms with van der Waals surface area (Å²) in [6.07, 6.45) is 0. The Morgan fingerprint density at radius 1 is 0.366 bits per heavy atom. The number of hydrogen-bond donors (Lipinski definition) is 1. The fraction of sp³-hybridized carbons (Fsp3) is 0.415. The molecule has 374 valence electrons. The fourth-order valence-electron chi connectivity index (χ4n) is 11.1. The highest BCUT2D eigenvalue weighted by Gasteiger charge is 2.39. The zero-order chi connectivity index (χ0) is 52.8. The lowest BCUT2D eigenvalue weighted by Crippen LogP contribution is -2.22. The molecule has 6 aromatic rings. The van der Waals surface area contributed by atoms with E-state index in [1.165, 1.54) is 0 Å². The number of ether oxygens (including phenoxy) is 3. The smallest absolute Gasteiger partial charge is 0.200 e. The van der Waals surface area contributed by atoms with Crippen LogP contribution < -0.4 is 14.2 Å². The molecule has 0 radical (unpaired) electrons. The van der Waals surface area contributed by atoms with Crippen molar-refractivity contribution >= 4 is 11.6 Å². The summed E-state index contributed by atoms with van der Waals surface area (Å²) in [4.78, 5) is 31.8. The van der Waals surface area contributed by atoms with Crippen LogP contribution in [0.15, 0.2) is 72.8 Å². The van der Waals surface area contributed by atoms with Crippen molar-refractivity contribution in [3.63, 3.8) is 0 Å². The molecule has 0 aromatic heterocycles. The van der Waals surface area contributed by atoms with Gasteiger partial charge in [-0.2, -0.15) is 0 Å². The molecule has 71 heavy (non-hydrogen) atoms. The first-order chi connectivity index (χ1) is 32.8. The van der Waals surface area contributed by atoms with Gasteiger partial charge in [0.2, 0.25) is 11.6 Å². The first kappa shape index (κ1) is 52.7. The van der Waals surface area contributed by atoms with E-state index in [9.17, 15) is 5.11 Å². The van der Waals surface area contributed by atoms with Gasteiger partial charge in [-0.15, -0.1) is 0 Å². The van der Waals surface area contributed by atoms with Crippen molar-refractivity contribution in [3.05, 3.63) is 184 Å². The highest BCUT2D eigenvalue weighted by atomic mass is 16.5. The average molecular weight is 955 g/mol. The zero-order valence-corrected chi connectivity index (χ0v) is 46.6. The summed E-state index contributed by atoms with van der Waals surface area (Å²) in [5, 5.41) is 12.7. The molecule has 0 heterocycles. The fourth-order valence-corrected chi connectivity index (χ4v) is 11.1. The van der Waals surface area contributed by atoms with Gasteiger partial charge in [0, 0.05) is 34.1 Å². The SMILES string of the molecule is COc1c2cc(C(C)(C)C)cc1[C@@H](c1c(C)cc(C)cc1C)c1cc(C(C)(C)C)cc(c1OC)[C@@H](c1c(C)cc(C)cc1C)c1cc(C(C)(C)C)cc(c1OC)C(=O)c1cc(C(C)(C)C)cc(c1O)C2=O. The Morgan fingerprint density at radius 2 is 0.606 bits per heavy atom. The number of carbonyl (C=O) groups is 2. The van der Waals surface area contributed by atoms with Crippen LogP contribution in [0.2, 0.25) is 0 Å². The second kappa shape index (κ2) is 18.5. The van der Waals surface area contributed by atoms with Crippen LogP contribution in [-0.4, -0.2) is 38.0 Å². The van der Waals surface area contributed by atoms with Gasteiger partial charge in [0.1, 0.15) is 23.0 Å². The number of carbonyl (C=O) groups excluding carboxylic acids is 2. The molecular formula is C65H78O6. The van der Waals surface area contributed by atoms with Crippen LogP contribution in [0, 0.1) is 41.5 Å². The van der Waals surface area contributed by atoms with E-state index in [-0.39, 0.29) is 22.3 Å². The molecule has 0 aliphatic heterocycles. The lowest BCUT2D eigenvalue weighted by molar-refractivity contribution is 0.103. The first-order valence-electron chi connectivity index (χ1n) is 25.1. The van der Waals surface area contributed by atoms with Crippen molar-refractivity contribution in [3.8, 4) is 23.0 Å². The molecule has 1 N–H and O–H groups in total. The van der Waals surface area contributed by atoms with Gasteiger partial charge in [-0.05, 0) is 143 Å². The minimum Gasteiger partial charge on any atom is -0.506 e. The van der Waals surface area contributed by atoms with Gasteiger partial charge in [0.05, 0.1) is 43.6 Å². The molecule has 6 aromatic carbocycles. The van der Waals surface area contributed by atoms with E-state index in [4.69, 9.17) is 14.2 Å². The van der Waals surface area contributed by atoms with Gasteiger partial charge in [-0.1, -0.05) is 143 Å². The number of benzene rings is 6. The maximum atomic E-state index is 15.9. The number of phenols is 1. The third kappa shape index (κ3) is 9.56. The van der Waals surface area contributed by atoms with Crippen molar-refractivity contribution in [2.24, 2.45) is 0 Å². The van der Waals surface area contributed by atoms with E-state index in [0.717, 1.165) is 89.0 Å². The van der Waals surface area contributed by atoms with Crippen molar-refractivity contribution in [2.75, 3.05) is 21.3 Å². The van der Waals surface area contributed by atoms with Crippen molar-refractivity contribution < 1.29 is 28.9 Å². The molecule has 0 fully saturated rings. The molecule has 6 nitrogen and oxygen atoms in total. The topological polar surface area (TPSA) is 82.1 Å². The molecule has 8 bridgehead atoms. The Bertz CT molecular complexity index is 2900. The maximum absolute atomic E-state index is 15.9. The summed E-state index contributed by atoms with van der Waals surface area (Å²) >= 11 is 0. The quantitative estimate of drug-likeness (QED) is 0.185. The van der Waals surface area contributed by atoms with E-state index < -0.39 is 39.6 Å². The number of aromatic hydroxyl groups is 1. The van der Waals surface area contributed by atoms with Crippen LogP contribution in [-0.2, 0) is 21.7 Å². The number of ketones is 2. The third-order valence-corrected chi connectivity index (χ3v) is 14.8. The van der Waals surface area contributed by atoms with E-state index in [2.05, 4.69) is 152 Å². The van der Waals surface area contributed by atoms with Crippen LogP contribution in [0.4, 0.5) is 0 Å². The summed E-state index contributed by atoms with van der Waals surface area (Å²) < 4.78 is 20.2. The molecule has 2 atom stereocenters. The summed E-state index contributed by atoms with van der Waals surface area (Å²) in [5.74, 6) is -0.894. The van der Waals surface area contributed by atoms with Gasteiger partial charge < -0.3 is 19.3 Å². The third-order valence-electron chi connectivity index (χ3n) is 14.8. The lowest BCUT2D eigenvalue weighted by Gasteiger charge is -2.34. The summed E-state index contributed by atoms with van der Waals surface area (Å²) in [5.41, 5.74) is 14.7. The van der Waals surface area contributed by atoms with Crippen molar-refractivity contribution in [1.82, 2.24) is 0 Å². The predicted molar refractivity (Wildman–Crippen MR) is 292 cm³/mol. The minimum absolute atomic E-state index is 0.0203. The van der Waals surface area contributed by atoms with Gasteiger partial charge in [0.25, 0.3) is 0 Å². The van der Waals surface area contributed by atoms with Crippen molar-refractivity contribution in [2.45, 2.75) is 158 Å². The average Bonchev–Trinajstić information content (AvgIpc) is 3.25. The highest BCUT2D eigenvalue weighted by Crippen LogP contribution is 2.54. The molecule has 1 aliphatic rings. The molecule has 0 unspecified atom stereocenters. The zero-order valence-electron chi connectivity index (χ0n) is 46.6. The summed E-state index contributed by atoms with van der Waals surface area (Å²) in [6, 6.07) is 25.3. The number of fused-ring (bicyclic) bond motifs is 8. The molecular weight excluding hydrogens is 877 g/mol. The first-order valence-corrected chi connectivity index (χ1v) is 25.1. The Labute approximate surface area is 425 Å². The number of phenolic OH excluding ortho intramolecular Hbond substituents is 1. The Balaban J connectivity index is 1.90. The van der Waals surface area contributed by atoms with Crippen molar-refractivity contribution in [1.29, 1.82) is 0 Å². The molecule has 0 amide bonds. The van der Waals surface area contributed by atoms with Crippen LogP contribution in [0.3, 0.4) is 0 Å². The van der Waals surface area contributed by atoms with Crippen LogP contribution in [0.1, 0.15) is 216 Å². The minimum atomic E-state index is -0.533. The monoisotopic (exact) mass is 955 g/mol. The molecule has 1 aliphatic carbocycles. The standard InChI is InChI=1S/C65H78O6/c1-34-22-36(3)52(37(4)23-34)54-44-26-40(62(7,8)9)27-45(59(44)69-19)55(53-38(5)24-35(2)25-39(53)6)47-29-42(64(13,14)15)33-51(61(47)71-21)58(68)49-31-43(65(16,17)18)30-48(56(49)66)57(67)50-32-41(63(10,11)12)28-46(54)60(50)70-20/h22-33,54-55,66H,1-21H3/t54-,55+. The largest absolute Gasteiger partial charge is 0.506 e. The lowest BCUT2D eigenvalue weighted by atomic mass is 9.71. The number of aryl methyl sites for hydroxylation is 6. The summed E-state index contributed by atoms with van der Waals surface area (Å²) in [6.45, 7) is 38.7.